The third-order valence-electron chi connectivity index (χ3n) is 6.49. The number of aromatic nitrogens is 5. The number of aromatic amines is 1. The van der Waals surface area contributed by atoms with Gasteiger partial charge in [0.2, 0.25) is 12.2 Å². The number of carbonyl (C=O) groups is 1. The number of para-hydroxylation sites is 1. The Bertz CT molecular complexity index is 1380. The Labute approximate surface area is 215 Å². The fraction of sp³-hybridized carbons (Fsp3) is 0.333. The molecule has 1 aliphatic rings. The van der Waals surface area contributed by atoms with E-state index in [1.54, 1.807) is 6.07 Å². The van der Waals surface area contributed by atoms with E-state index in [0.29, 0.717) is 31.1 Å². The molecule has 0 amide bonds. The molecule has 10 heteroatoms. The Morgan fingerprint density at radius 1 is 1.08 bits per heavy atom. The van der Waals surface area contributed by atoms with E-state index < -0.39 is 0 Å². The SMILES string of the molecule is CCOC(=O)c1cccc2c1N(Cc1ccc(-c3c(-c4nn[nH]n4)cc(C)n3CC)cc1)C(OCC)N2. The number of nitrogens with zero attached hydrogens (tertiary/aromatic N) is 5. The van der Waals surface area contributed by atoms with Crippen molar-refractivity contribution in [1.29, 1.82) is 0 Å². The normalized spacial score (nSPS) is 14.5. The van der Waals surface area contributed by atoms with Gasteiger partial charge in [-0.2, -0.15) is 5.21 Å². The Morgan fingerprint density at radius 3 is 2.57 bits per heavy atom. The van der Waals surface area contributed by atoms with Gasteiger partial charge >= 0.3 is 5.97 Å². The molecule has 37 heavy (non-hydrogen) atoms. The maximum absolute atomic E-state index is 12.7. The molecule has 5 rings (SSSR count). The average Bonchev–Trinajstić information content (AvgIpc) is 3.63. The van der Waals surface area contributed by atoms with Crippen LogP contribution in [0.3, 0.4) is 0 Å². The summed E-state index contributed by atoms with van der Waals surface area (Å²) in [7, 11) is 0. The molecule has 1 unspecified atom stereocenters. The predicted molar refractivity (Wildman–Crippen MR) is 141 cm³/mol. The first-order chi connectivity index (χ1) is 18.0. The van der Waals surface area contributed by atoms with Crippen LogP contribution in [0.15, 0.2) is 48.5 Å². The van der Waals surface area contributed by atoms with Gasteiger partial charge in [-0.3, -0.25) is 0 Å². The van der Waals surface area contributed by atoms with Crippen LogP contribution in [0.25, 0.3) is 22.6 Å². The summed E-state index contributed by atoms with van der Waals surface area (Å²) in [6.07, 6.45) is -0.389. The Hall–Kier alpha value is -4.18. The number of tetrazole rings is 1. The monoisotopic (exact) mass is 501 g/mol. The Morgan fingerprint density at radius 2 is 1.89 bits per heavy atom. The summed E-state index contributed by atoms with van der Waals surface area (Å²) in [4.78, 5) is 14.8. The van der Waals surface area contributed by atoms with Crippen molar-refractivity contribution in [3.8, 4) is 22.6 Å². The standard InChI is InChI=1S/C27H31N7O3/c1-5-33-17(4)15-21(25-29-31-32-30-25)23(33)19-13-11-18(12-14-19)16-34-24-20(26(35)36-6-2)9-8-10-22(24)28-27(34)37-7-3/h8-15,27-28H,5-7,16H2,1-4H3,(H,29,30,31,32). The highest BCUT2D eigenvalue weighted by molar-refractivity contribution is 6.00. The van der Waals surface area contributed by atoms with Crippen LogP contribution in [-0.2, 0) is 22.6 Å². The van der Waals surface area contributed by atoms with Crippen LogP contribution in [0.1, 0.15) is 42.4 Å². The summed E-state index contributed by atoms with van der Waals surface area (Å²) >= 11 is 0. The summed E-state index contributed by atoms with van der Waals surface area (Å²) in [5, 5.41) is 18.1. The molecule has 0 saturated heterocycles. The van der Waals surface area contributed by atoms with Crippen LogP contribution < -0.4 is 10.2 Å². The third kappa shape index (κ3) is 4.55. The van der Waals surface area contributed by atoms with E-state index in [4.69, 9.17) is 9.47 Å². The van der Waals surface area contributed by atoms with Gasteiger partial charge in [0.05, 0.1) is 29.2 Å². The van der Waals surface area contributed by atoms with Crippen molar-refractivity contribution in [3.63, 3.8) is 0 Å². The second-order valence-corrected chi connectivity index (χ2v) is 8.73. The summed E-state index contributed by atoms with van der Waals surface area (Å²) in [6.45, 7) is 10.2. The second-order valence-electron chi connectivity index (χ2n) is 8.73. The van der Waals surface area contributed by atoms with Crippen molar-refractivity contribution in [1.82, 2.24) is 25.2 Å². The van der Waals surface area contributed by atoms with Crippen LogP contribution in [0, 0.1) is 6.92 Å². The van der Waals surface area contributed by atoms with Crippen LogP contribution >= 0.6 is 0 Å². The Balaban J connectivity index is 1.48. The summed E-state index contributed by atoms with van der Waals surface area (Å²) in [5.74, 6) is 0.225. The second kappa shape index (κ2) is 10.4. The maximum Gasteiger partial charge on any atom is 0.340 e. The summed E-state index contributed by atoms with van der Waals surface area (Å²) in [6, 6.07) is 16.1. The fourth-order valence-electron chi connectivity index (χ4n) is 4.93. The highest BCUT2D eigenvalue weighted by Crippen LogP contribution is 2.40. The molecule has 2 aromatic carbocycles. The number of anilines is 2. The molecule has 0 spiro atoms. The maximum atomic E-state index is 12.7. The van der Waals surface area contributed by atoms with Crippen molar-refractivity contribution >= 4 is 17.3 Å². The zero-order chi connectivity index (χ0) is 25.9. The molecule has 0 saturated carbocycles. The van der Waals surface area contributed by atoms with E-state index in [-0.39, 0.29) is 12.3 Å². The van der Waals surface area contributed by atoms with E-state index in [1.807, 2.05) is 26.0 Å². The van der Waals surface area contributed by atoms with Crippen LogP contribution in [0.2, 0.25) is 0 Å². The molecule has 0 fully saturated rings. The predicted octanol–water partition coefficient (Wildman–Crippen LogP) is 4.59. The van der Waals surface area contributed by atoms with E-state index in [0.717, 1.165) is 46.0 Å². The highest BCUT2D eigenvalue weighted by Gasteiger charge is 2.33. The van der Waals surface area contributed by atoms with Gasteiger partial charge in [0.25, 0.3) is 0 Å². The minimum atomic E-state index is -0.389. The molecule has 4 aromatic rings. The number of fused-ring (bicyclic) bond motifs is 1. The van der Waals surface area contributed by atoms with Crippen LogP contribution in [0.4, 0.5) is 11.4 Å². The summed E-state index contributed by atoms with van der Waals surface area (Å²) < 4.78 is 13.6. The lowest BCUT2D eigenvalue weighted by Crippen LogP contribution is -2.38. The molecule has 0 aliphatic carbocycles. The molecule has 0 bridgehead atoms. The topological polar surface area (TPSA) is 110 Å². The van der Waals surface area contributed by atoms with Gasteiger partial charge in [0, 0.05) is 31.0 Å². The molecular weight excluding hydrogens is 470 g/mol. The van der Waals surface area contributed by atoms with E-state index in [2.05, 4.69) is 79.6 Å². The number of ether oxygens (including phenoxy) is 2. The lowest BCUT2D eigenvalue weighted by molar-refractivity contribution is 0.0525. The molecular formula is C27H31N7O3. The average molecular weight is 502 g/mol. The number of carbonyl (C=O) groups excluding carboxylic acids is 1. The molecule has 0 radical (unpaired) electrons. The number of benzene rings is 2. The lowest BCUT2D eigenvalue weighted by atomic mass is 10.0. The molecule has 2 N–H and O–H groups in total. The zero-order valence-electron chi connectivity index (χ0n) is 21.5. The van der Waals surface area contributed by atoms with E-state index >= 15 is 0 Å². The number of H-pyrrole nitrogens is 1. The molecule has 1 aliphatic heterocycles. The number of rotatable bonds is 9. The first kappa shape index (κ1) is 24.5. The van der Waals surface area contributed by atoms with Gasteiger partial charge < -0.3 is 24.3 Å². The van der Waals surface area contributed by atoms with Crippen molar-refractivity contribution in [2.24, 2.45) is 0 Å². The quantitative estimate of drug-likeness (QED) is 0.321. The number of hydrogen-bond donors (Lipinski definition) is 2. The summed E-state index contributed by atoms with van der Waals surface area (Å²) in [5.41, 5.74) is 7.42. The Kier molecular flexibility index (Phi) is 6.91. The highest BCUT2D eigenvalue weighted by atomic mass is 16.5. The van der Waals surface area contributed by atoms with Gasteiger partial charge in [-0.25, -0.2) is 4.79 Å². The van der Waals surface area contributed by atoms with Crippen molar-refractivity contribution < 1.29 is 14.3 Å². The van der Waals surface area contributed by atoms with Gasteiger partial charge in [-0.1, -0.05) is 30.3 Å². The fourth-order valence-corrected chi connectivity index (χ4v) is 4.93. The smallest absolute Gasteiger partial charge is 0.340 e. The molecule has 10 nitrogen and oxygen atoms in total. The molecule has 2 aromatic heterocycles. The van der Waals surface area contributed by atoms with Gasteiger partial charge in [0.1, 0.15) is 0 Å². The first-order valence-corrected chi connectivity index (χ1v) is 12.5. The number of hydrogen-bond acceptors (Lipinski definition) is 8. The van der Waals surface area contributed by atoms with Gasteiger partial charge in [0.15, 0.2) is 0 Å². The number of aryl methyl sites for hydroxylation is 1. The van der Waals surface area contributed by atoms with Gasteiger partial charge in [-0.15, -0.1) is 10.2 Å². The number of nitrogens with one attached hydrogen (secondary N) is 2. The van der Waals surface area contributed by atoms with Gasteiger partial charge in [-0.05, 0) is 62.2 Å². The van der Waals surface area contributed by atoms with Crippen LogP contribution in [0.5, 0.6) is 0 Å². The minimum Gasteiger partial charge on any atom is -0.462 e. The van der Waals surface area contributed by atoms with Crippen molar-refractivity contribution in [2.45, 2.75) is 47.1 Å². The van der Waals surface area contributed by atoms with Crippen molar-refractivity contribution in [3.05, 3.63) is 65.4 Å². The number of esters is 1. The molecule has 1 atom stereocenters. The first-order valence-electron chi connectivity index (χ1n) is 12.5. The van der Waals surface area contributed by atoms with Crippen molar-refractivity contribution in [2.75, 3.05) is 23.4 Å². The molecule has 192 valence electrons. The van der Waals surface area contributed by atoms with E-state index in [9.17, 15) is 4.79 Å². The zero-order valence-corrected chi connectivity index (χ0v) is 21.5. The largest absolute Gasteiger partial charge is 0.462 e. The lowest BCUT2D eigenvalue weighted by Gasteiger charge is -2.27. The van der Waals surface area contributed by atoms with Crippen LogP contribution in [-0.4, -0.2) is 50.7 Å². The minimum absolute atomic E-state index is 0.317. The third-order valence-corrected chi connectivity index (χ3v) is 6.49. The van der Waals surface area contributed by atoms with E-state index in [1.165, 1.54) is 0 Å². The molecule has 3 heterocycles.